The first-order valence-corrected chi connectivity index (χ1v) is 3.91. The molecule has 0 amide bonds. The molecule has 3 nitrogen and oxygen atoms in total. The highest BCUT2D eigenvalue weighted by Gasteiger charge is 2.06. The first-order valence-electron chi connectivity index (χ1n) is 3.91. The summed E-state index contributed by atoms with van der Waals surface area (Å²) in [6, 6.07) is 0. The lowest BCUT2D eigenvalue weighted by Gasteiger charge is -2.07. The Kier molecular flexibility index (Phi) is 3.11. The number of nitrogens with zero attached hydrogens (tertiary/aromatic N) is 1. The molecule has 0 fully saturated rings. The van der Waals surface area contributed by atoms with Crippen molar-refractivity contribution in [3.8, 4) is 0 Å². The summed E-state index contributed by atoms with van der Waals surface area (Å²) < 4.78 is 5.26. The summed E-state index contributed by atoms with van der Waals surface area (Å²) in [6.07, 6.45) is 3.59. The third-order valence-corrected chi connectivity index (χ3v) is 1.56. The van der Waals surface area contributed by atoms with Gasteiger partial charge in [-0.2, -0.15) is 0 Å². The van der Waals surface area contributed by atoms with Crippen LogP contribution >= 0.6 is 0 Å². The Balaban J connectivity index is 2.36. The van der Waals surface area contributed by atoms with Gasteiger partial charge in [-0.05, 0) is 6.92 Å². The van der Waals surface area contributed by atoms with Gasteiger partial charge in [-0.3, -0.25) is 0 Å². The number of aromatic amines is 1. The Hall–Kier alpha value is -0.830. The molecule has 3 heteroatoms. The van der Waals surface area contributed by atoms with Crippen LogP contribution in [0.1, 0.15) is 25.6 Å². The van der Waals surface area contributed by atoms with Crippen LogP contribution in [-0.2, 0) is 4.74 Å². The fourth-order valence-corrected chi connectivity index (χ4v) is 0.921. The van der Waals surface area contributed by atoms with Crippen molar-refractivity contribution < 1.29 is 4.74 Å². The lowest BCUT2D eigenvalue weighted by molar-refractivity contribution is 0.134. The number of hydrogen-bond donors (Lipinski definition) is 1. The normalized spacial score (nSPS) is 13.3. The van der Waals surface area contributed by atoms with Crippen molar-refractivity contribution >= 4 is 0 Å². The number of imidazole rings is 1. The maximum absolute atomic E-state index is 5.26. The zero-order valence-corrected chi connectivity index (χ0v) is 7.00. The van der Waals surface area contributed by atoms with E-state index in [1.54, 1.807) is 6.20 Å². The first-order chi connectivity index (χ1) is 5.34. The molecule has 0 aliphatic rings. The molecule has 1 heterocycles. The van der Waals surface area contributed by atoms with E-state index in [2.05, 4.69) is 16.9 Å². The number of nitrogens with one attached hydrogen (secondary N) is 1. The number of aromatic nitrogens is 2. The van der Waals surface area contributed by atoms with Gasteiger partial charge >= 0.3 is 0 Å². The van der Waals surface area contributed by atoms with E-state index in [-0.39, 0.29) is 0 Å². The standard InChI is InChI=1S/C8H14N2O/c1-3-11-6-7(2)8-9-4-5-10-8/h4-5,7H,3,6H2,1-2H3,(H,9,10). The van der Waals surface area contributed by atoms with Crippen LogP contribution in [0, 0.1) is 0 Å². The molecular formula is C8H14N2O. The lowest BCUT2D eigenvalue weighted by Crippen LogP contribution is -2.05. The van der Waals surface area contributed by atoms with Crippen molar-refractivity contribution in [2.75, 3.05) is 13.2 Å². The Morgan fingerprint density at radius 2 is 2.55 bits per heavy atom. The summed E-state index contributed by atoms with van der Waals surface area (Å²) in [4.78, 5) is 7.19. The Morgan fingerprint density at radius 3 is 3.09 bits per heavy atom. The second-order valence-electron chi connectivity index (χ2n) is 2.53. The highest BCUT2D eigenvalue weighted by Crippen LogP contribution is 2.08. The zero-order chi connectivity index (χ0) is 8.10. The van der Waals surface area contributed by atoms with E-state index >= 15 is 0 Å². The molecule has 11 heavy (non-hydrogen) atoms. The van der Waals surface area contributed by atoms with E-state index in [1.165, 1.54) is 0 Å². The molecule has 1 unspecified atom stereocenters. The van der Waals surface area contributed by atoms with Crippen molar-refractivity contribution in [2.24, 2.45) is 0 Å². The van der Waals surface area contributed by atoms with Gasteiger partial charge in [-0.15, -0.1) is 0 Å². The fraction of sp³-hybridized carbons (Fsp3) is 0.625. The molecule has 0 radical (unpaired) electrons. The molecular weight excluding hydrogens is 140 g/mol. The maximum atomic E-state index is 5.26. The summed E-state index contributed by atoms with van der Waals surface area (Å²) in [5.74, 6) is 1.36. The number of H-pyrrole nitrogens is 1. The minimum Gasteiger partial charge on any atom is -0.381 e. The second-order valence-corrected chi connectivity index (χ2v) is 2.53. The molecule has 0 aliphatic carbocycles. The second kappa shape index (κ2) is 4.13. The monoisotopic (exact) mass is 154 g/mol. The molecule has 0 saturated heterocycles. The van der Waals surface area contributed by atoms with E-state index < -0.39 is 0 Å². The molecule has 1 aromatic heterocycles. The SMILES string of the molecule is CCOCC(C)c1ncc[nH]1. The summed E-state index contributed by atoms with van der Waals surface area (Å²) in [7, 11) is 0. The van der Waals surface area contributed by atoms with Gasteiger partial charge in [0.15, 0.2) is 0 Å². The van der Waals surface area contributed by atoms with Gasteiger partial charge in [0, 0.05) is 24.9 Å². The van der Waals surface area contributed by atoms with E-state index in [0.717, 1.165) is 19.0 Å². The largest absolute Gasteiger partial charge is 0.381 e. The summed E-state index contributed by atoms with van der Waals surface area (Å²) in [5.41, 5.74) is 0. The van der Waals surface area contributed by atoms with Crippen LogP contribution in [0.3, 0.4) is 0 Å². The first kappa shape index (κ1) is 8.27. The van der Waals surface area contributed by atoms with E-state index in [9.17, 15) is 0 Å². The topological polar surface area (TPSA) is 37.9 Å². The van der Waals surface area contributed by atoms with Crippen LogP contribution in [0.15, 0.2) is 12.4 Å². The minimum absolute atomic E-state index is 0.366. The summed E-state index contributed by atoms with van der Waals surface area (Å²) in [5, 5.41) is 0. The Labute approximate surface area is 66.8 Å². The average Bonchev–Trinajstić information content (AvgIpc) is 2.52. The van der Waals surface area contributed by atoms with E-state index in [4.69, 9.17) is 4.74 Å². The van der Waals surface area contributed by atoms with E-state index in [0.29, 0.717) is 5.92 Å². The van der Waals surface area contributed by atoms with Gasteiger partial charge in [0.05, 0.1) is 6.61 Å². The predicted molar refractivity (Wildman–Crippen MR) is 43.5 cm³/mol. The third kappa shape index (κ3) is 2.35. The van der Waals surface area contributed by atoms with Crippen molar-refractivity contribution in [1.29, 1.82) is 0 Å². The maximum Gasteiger partial charge on any atom is 0.111 e. The third-order valence-electron chi connectivity index (χ3n) is 1.56. The highest BCUT2D eigenvalue weighted by atomic mass is 16.5. The number of rotatable bonds is 4. The quantitative estimate of drug-likeness (QED) is 0.714. The van der Waals surface area contributed by atoms with Crippen molar-refractivity contribution in [3.63, 3.8) is 0 Å². The zero-order valence-electron chi connectivity index (χ0n) is 7.00. The molecule has 0 saturated carbocycles. The number of ether oxygens (including phenoxy) is 1. The van der Waals surface area contributed by atoms with Crippen LogP contribution in [0.5, 0.6) is 0 Å². The average molecular weight is 154 g/mol. The molecule has 0 bridgehead atoms. The molecule has 0 aromatic carbocycles. The predicted octanol–water partition coefficient (Wildman–Crippen LogP) is 1.55. The van der Waals surface area contributed by atoms with Crippen LogP contribution in [0.4, 0.5) is 0 Å². The van der Waals surface area contributed by atoms with Crippen LogP contribution < -0.4 is 0 Å². The van der Waals surface area contributed by atoms with Gasteiger partial charge in [-0.25, -0.2) is 4.98 Å². The summed E-state index contributed by atoms with van der Waals surface area (Å²) >= 11 is 0. The van der Waals surface area contributed by atoms with Gasteiger partial charge < -0.3 is 9.72 Å². The molecule has 1 atom stereocenters. The van der Waals surface area contributed by atoms with Crippen LogP contribution in [0.2, 0.25) is 0 Å². The van der Waals surface area contributed by atoms with Gasteiger partial charge in [0.25, 0.3) is 0 Å². The molecule has 1 N–H and O–H groups in total. The van der Waals surface area contributed by atoms with E-state index in [1.807, 2.05) is 13.1 Å². The van der Waals surface area contributed by atoms with Gasteiger partial charge in [0.2, 0.25) is 0 Å². The smallest absolute Gasteiger partial charge is 0.111 e. The van der Waals surface area contributed by atoms with Crippen molar-refractivity contribution in [3.05, 3.63) is 18.2 Å². The lowest BCUT2D eigenvalue weighted by atomic mass is 10.2. The molecule has 0 spiro atoms. The van der Waals surface area contributed by atoms with Crippen molar-refractivity contribution in [1.82, 2.24) is 9.97 Å². The molecule has 1 rings (SSSR count). The van der Waals surface area contributed by atoms with Crippen LogP contribution in [-0.4, -0.2) is 23.2 Å². The van der Waals surface area contributed by atoms with Crippen LogP contribution in [0.25, 0.3) is 0 Å². The molecule has 1 aromatic rings. The van der Waals surface area contributed by atoms with Gasteiger partial charge in [-0.1, -0.05) is 6.92 Å². The fourth-order valence-electron chi connectivity index (χ4n) is 0.921. The Morgan fingerprint density at radius 1 is 1.73 bits per heavy atom. The Bertz CT molecular complexity index is 184. The highest BCUT2D eigenvalue weighted by molar-refractivity contribution is 4.94. The van der Waals surface area contributed by atoms with Crippen molar-refractivity contribution in [2.45, 2.75) is 19.8 Å². The number of hydrogen-bond acceptors (Lipinski definition) is 2. The minimum atomic E-state index is 0.366. The van der Waals surface area contributed by atoms with Gasteiger partial charge in [0.1, 0.15) is 5.82 Å². The summed E-state index contributed by atoms with van der Waals surface area (Å²) in [6.45, 7) is 5.60. The molecule has 62 valence electrons. The molecule has 0 aliphatic heterocycles.